The number of rotatable bonds is 4. The van der Waals surface area contributed by atoms with Crippen LogP contribution in [0.25, 0.3) is 6.08 Å². The first-order chi connectivity index (χ1) is 9.11. The van der Waals surface area contributed by atoms with E-state index in [0.29, 0.717) is 5.56 Å². The Kier molecular flexibility index (Phi) is 3.90. The van der Waals surface area contributed by atoms with Gasteiger partial charge in [-0.25, -0.2) is 4.39 Å². The second-order valence-corrected chi connectivity index (χ2v) is 4.21. The van der Waals surface area contributed by atoms with Crippen molar-refractivity contribution in [1.82, 2.24) is 9.78 Å². The molecule has 1 aromatic heterocycles. The second-order valence-electron chi connectivity index (χ2n) is 4.21. The summed E-state index contributed by atoms with van der Waals surface area (Å²) in [5.41, 5.74) is 2.40. The van der Waals surface area contributed by atoms with Crippen LogP contribution in [0.5, 0.6) is 0 Å². The zero-order chi connectivity index (χ0) is 13.8. The minimum Gasteiger partial charge on any atom is -0.289 e. The van der Waals surface area contributed by atoms with Gasteiger partial charge in [-0.2, -0.15) is 5.10 Å². The van der Waals surface area contributed by atoms with Crippen LogP contribution < -0.4 is 0 Å². The first kappa shape index (κ1) is 13.2. The number of ketones is 1. The Hall–Kier alpha value is -2.23. The SMILES string of the molecule is CCn1ncc(/C=C\C(=O)c2ccc(F)cc2)c1C. The molecule has 1 aromatic carbocycles. The Morgan fingerprint density at radius 1 is 1.37 bits per heavy atom. The second kappa shape index (κ2) is 5.61. The highest BCUT2D eigenvalue weighted by Gasteiger charge is 2.04. The van der Waals surface area contributed by atoms with Crippen molar-refractivity contribution in [3.05, 3.63) is 59.2 Å². The number of benzene rings is 1. The molecule has 0 saturated heterocycles. The third-order valence-corrected chi connectivity index (χ3v) is 2.98. The van der Waals surface area contributed by atoms with Gasteiger partial charge in [-0.1, -0.05) is 0 Å². The van der Waals surface area contributed by atoms with Crippen LogP contribution in [0.2, 0.25) is 0 Å². The molecule has 0 aliphatic rings. The van der Waals surface area contributed by atoms with Gasteiger partial charge in [0.1, 0.15) is 5.82 Å². The van der Waals surface area contributed by atoms with Crippen molar-refractivity contribution >= 4 is 11.9 Å². The maximum atomic E-state index is 12.8. The van der Waals surface area contributed by atoms with E-state index < -0.39 is 0 Å². The number of carbonyl (C=O) groups excluding carboxylic acids is 1. The van der Waals surface area contributed by atoms with E-state index >= 15 is 0 Å². The fourth-order valence-corrected chi connectivity index (χ4v) is 1.82. The van der Waals surface area contributed by atoms with Gasteiger partial charge in [-0.3, -0.25) is 9.48 Å². The normalized spacial score (nSPS) is 11.1. The van der Waals surface area contributed by atoms with Gasteiger partial charge < -0.3 is 0 Å². The predicted molar refractivity (Wildman–Crippen MR) is 72.4 cm³/mol. The lowest BCUT2D eigenvalue weighted by atomic mass is 10.1. The van der Waals surface area contributed by atoms with E-state index in [-0.39, 0.29) is 11.6 Å². The van der Waals surface area contributed by atoms with Gasteiger partial charge in [-0.05, 0) is 50.3 Å². The number of aromatic nitrogens is 2. The maximum Gasteiger partial charge on any atom is 0.185 e. The lowest BCUT2D eigenvalue weighted by Gasteiger charge is -1.98. The molecule has 2 rings (SSSR count). The molecule has 0 radical (unpaired) electrons. The molecular weight excluding hydrogens is 243 g/mol. The van der Waals surface area contributed by atoms with Crippen LogP contribution in [0, 0.1) is 12.7 Å². The zero-order valence-electron chi connectivity index (χ0n) is 10.9. The zero-order valence-corrected chi connectivity index (χ0v) is 10.9. The van der Waals surface area contributed by atoms with E-state index in [2.05, 4.69) is 5.10 Å². The van der Waals surface area contributed by atoms with Crippen molar-refractivity contribution in [2.24, 2.45) is 0 Å². The van der Waals surface area contributed by atoms with Crippen molar-refractivity contribution in [3.63, 3.8) is 0 Å². The molecule has 0 unspecified atom stereocenters. The van der Waals surface area contributed by atoms with Crippen molar-refractivity contribution in [3.8, 4) is 0 Å². The Morgan fingerprint density at radius 2 is 2.05 bits per heavy atom. The van der Waals surface area contributed by atoms with E-state index in [1.165, 1.54) is 30.3 Å². The third kappa shape index (κ3) is 2.96. The molecule has 19 heavy (non-hydrogen) atoms. The lowest BCUT2D eigenvalue weighted by Crippen LogP contribution is -1.98. The summed E-state index contributed by atoms with van der Waals surface area (Å²) < 4.78 is 14.6. The summed E-state index contributed by atoms with van der Waals surface area (Å²) >= 11 is 0. The van der Waals surface area contributed by atoms with E-state index in [9.17, 15) is 9.18 Å². The van der Waals surface area contributed by atoms with Crippen LogP contribution in [0.1, 0.15) is 28.5 Å². The van der Waals surface area contributed by atoms with E-state index in [0.717, 1.165) is 17.8 Å². The van der Waals surface area contributed by atoms with Crippen LogP contribution in [0.3, 0.4) is 0 Å². The van der Waals surface area contributed by atoms with Gasteiger partial charge in [0.25, 0.3) is 0 Å². The summed E-state index contributed by atoms with van der Waals surface area (Å²) in [5.74, 6) is -0.496. The average Bonchev–Trinajstić information content (AvgIpc) is 2.77. The number of aryl methyl sites for hydroxylation is 1. The van der Waals surface area contributed by atoms with E-state index in [4.69, 9.17) is 0 Å². The van der Waals surface area contributed by atoms with E-state index in [1.807, 2.05) is 18.5 Å². The summed E-state index contributed by atoms with van der Waals surface area (Å²) in [6, 6.07) is 5.51. The number of hydrogen-bond acceptors (Lipinski definition) is 2. The smallest absolute Gasteiger partial charge is 0.185 e. The van der Waals surface area contributed by atoms with Crippen LogP contribution in [-0.2, 0) is 6.54 Å². The van der Waals surface area contributed by atoms with Crippen molar-refractivity contribution in [1.29, 1.82) is 0 Å². The van der Waals surface area contributed by atoms with Gasteiger partial charge in [-0.15, -0.1) is 0 Å². The summed E-state index contributed by atoms with van der Waals surface area (Å²) in [6.07, 6.45) is 4.95. The molecule has 0 aliphatic heterocycles. The Morgan fingerprint density at radius 3 is 2.63 bits per heavy atom. The number of halogens is 1. The molecule has 0 atom stereocenters. The Bertz CT molecular complexity index is 612. The highest BCUT2D eigenvalue weighted by molar-refractivity contribution is 6.06. The van der Waals surface area contributed by atoms with Crippen molar-refractivity contribution in [2.45, 2.75) is 20.4 Å². The van der Waals surface area contributed by atoms with Gasteiger partial charge >= 0.3 is 0 Å². The summed E-state index contributed by atoms with van der Waals surface area (Å²) in [5, 5.41) is 4.20. The molecule has 4 heteroatoms. The molecular formula is C15H15FN2O. The Labute approximate surface area is 111 Å². The standard InChI is InChI=1S/C15H15FN2O/c1-3-18-11(2)13(10-17-18)6-9-15(19)12-4-7-14(16)8-5-12/h4-10H,3H2,1-2H3/b9-6-. The molecule has 0 saturated carbocycles. The monoisotopic (exact) mass is 258 g/mol. The van der Waals surface area contributed by atoms with Gasteiger partial charge in [0, 0.05) is 23.4 Å². The molecule has 1 heterocycles. The van der Waals surface area contributed by atoms with Crippen molar-refractivity contribution in [2.75, 3.05) is 0 Å². The molecule has 98 valence electrons. The van der Waals surface area contributed by atoms with Crippen molar-refractivity contribution < 1.29 is 9.18 Å². The fourth-order valence-electron chi connectivity index (χ4n) is 1.82. The fraction of sp³-hybridized carbons (Fsp3) is 0.200. The molecule has 0 amide bonds. The van der Waals surface area contributed by atoms with Crippen LogP contribution in [-0.4, -0.2) is 15.6 Å². The largest absolute Gasteiger partial charge is 0.289 e. The molecule has 3 nitrogen and oxygen atoms in total. The molecule has 0 N–H and O–H groups in total. The highest BCUT2D eigenvalue weighted by Crippen LogP contribution is 2.11. The first-order valence-electron chi connectivity index (χ1n) is 6.12. The number of allylic oxidation sites excluding steroid dienone is 1. The summed E-state index contributed by atoms with van der Waals surface area (Å²) in [7, 11) is 0. The minimum absolute atomic E-state index is 0.149. The molecule has 0 aliphatic carbocycles. The molecule has 0 fully saturated rings. The average molecular weight is 258 g/mol. The lowest BCUT2D eigenvalue weighted by molar-refractivity contribution is 0.104. The first-order valence-corrected chi connectivity index (χ1v) is 6.12. The minimum atomic E-state index is -0.347. The third-order valence-electron chi connectivity index (χ3n) is 2.98. The maximum absolute atomic E-state index is 12.8. The van der Waals surface area contributed by atoms with Crippen LogP contribution >= 0.6 is 0 Å². The number of hydrogen-bond donors (Lipinski definition) is 0. The molecule has 2 aromatic rings. The summed E-state index contributed by atoms with van der Waals surface area (Å²) in [4.78, 5) is 11.9. The number of nitrogens with zero attached hydrogens (tertiary/aromatic N) is 2. The van der Waals surface area contributed by atoms with Crippen LogP contribution in [0.15, 0.2) is 36.5 Å². The summed E-state index contributed by atoms with van der Waals surface area (Å²) in [6.45, 7) is 4.77. The quantitative estimate of drug-likeness (QED) is 0.623. The van der Waals surface area contributed by atoms with Gasteiger partial charge in [0.2, 0.25) is 0 Å². The molecule has 0 bridgehead atoms. The number of carbonyl (C=O) groups is 1. The predicted octanol–water partition coefficient (Wildman–Crippen LogP) is 3.25. The van der Waals surface area contributed by atoms with Gasteiger partial charge in [0.15, 0.2) is 5.78 Å². The topological polar surface area (TPSA) is 34.9 Å². The Balaban J connectivity index is 2.16. The van der Waals surface area contributed by atoms with E-state index in [1.54, 1.807) is 12.3 Å². The van der Waals surface area contributed by atoms with Gasteiger partial charge in [0.05, 0.1) is 6.20 Å². The molecule has 0 spiro atoms. The highest BCUT2D eigenvalue weighted by atomic mass is 19.1. The van der Waals surface area contributed by atoms with Crippen LogP contribution in [0.4, 0.5) is 4.39 Å².